The molecule has 1 aromatic carbocycles. The number of hydrogen-bond acceptors (Lipinski definition) is 4. The van der Waals surface area contributed by atoms with Crippen molar-refractivity contribution in [1.82, 2.24) is 5.32 Å². The predicted molar refractivity (Wildman–Crippen MR) is 81.8 cm³/mol. The molecule has 3 rings (SSSR count). The number of furan rings is 1. The molecule has 0 saturated heterocycles. The van der Waals surface area contributed by atoms with Gasteiger partial charge in [-0.2, -0.15) is 0 Å². The molecule has 6 heteroatoms. The molecule has 2 N–H and O–H groups in total. The van der Waals surface area contributed by atoms with Crippen molar-refractivity contribution >= 4 is 22.7 Å². The van der Waals surface area contributed by atoms with Crippen molar-refractivity contribution in [2.75, 3.05) is 5.32 Å². The summed E-state index contributed by atoms with van der Waals surface area (Å²) in [6, 6.07) is 8.05. The fourth-order valence-electron chi connectivity index (χ4n) is 2.15. The van der Waals surface area contributed by atoms with Gasteiger partial charge in [0.25, 0.3) is 0 Å². The molecule has 2 heterocycles. The number of amides is 2. The van der Waals surface area contributed by atoms with Crippen molar-refractivity contribution in [3.63, 3.8) is 0 Å². The largest absolute Gasteiger partial charge is 0.472 e. The van der Waals surface area contributed by atoms with Crippen LogP contribution in [-0.4, -0.2) is 6.03 Å². The smallest absolute Gasteiger partial charge is 0.336 e. The molecule has 0 aliphatic heterocycles. The van der Waals surface area contributed by atoms with Crippen LogP contribution >= 0.6 is 0 Å². The highest BCUT2D eigenvalue weighted by molar-refractivity contribution is 5.92. The molecular weight excluding hydrogens is 284 g/mol. The van der Waals surface area contributed by atoms with Crippen LogP contribution in [0, 0.1) is 6.92 Å². The summed E-state index contributed by atoms with van der Waals surface area (Å²) in [4.78, 5) is 23.2. The molecule has 0 spiro atoms. The van der Waals surface area contributed by atoms with Gasteiger partial charge in [-0.15, -0.1) is 0 Å². The highest BCUT2D eigenvalue weighted by Gasteiger charge is 2.06. The zero-order valence-corrected chi connectivity index (χ0v) is 11.9. The van der Waals surface area contributed by atoms with E-state index < -0.39 is 5.63 Å². The number of carbonyl (C=O) groups is 1. The monoisotopic (exact) mass is 298 g/mol. The fourth-order valence-corrected chi connectivity index (χ4v) is 2.15. The van der Waals surface area contributed by atoms with Crippen molar-refractivity contribution < 1.29 is 13.6 Å². The molecule has 0 aliphatic rings. The summed E-state index contributed by atoms with van der Waals surface area (Å²) >= 11 is 0. The van der Waals surface area contributed by atoms with Crippen LogP contribution in [0.3, 0.4) is 0 Å². The second kappa shape index (κ2) is 5.77. The van der Waals surface area contributed by atoms with Crippen LogP contribution in [0.2, 0.25) is 0 Å². The van der Waals surface area contributed by atoms with Gasteiger partial charge in [-0.1, -0.05) is 0 Å². The normalized spacial score (nSPS) is 10.6. The highest BCUT2D eigenvalue weighted by Crippen LogP contribution is 2.20. The maximum Gasteiger partial charge on any atom is 0.336 e. The van der Waals surface area contributed by atoms with Crippen molar-refractivity contribution in [1.29, 1.82) is 0 Å². The number of hydrogen-bond donors (Lipinski definition) is 2. The molecule has 0 atom stereocenters. The lowest BCUT2D eigenvalue weighted by atomic mass is 10.1. The van der Waals surface area contributed by atoms with Gasteiger partial charge < -0.3 is 19.5 Å². The van der Waals surface area contributed by atoms with E-state index in [1.54, 1.807) is 36.8 Å². The third-order valence-electron chi connectivity index (χ3n) is 3.24. The number of urea groups is 1. The Balaban J connectivity index is 1.73. The number of fused-ring (bicyclic) bond motifs is 1. The minimum absolute atomic E-state index is 0.351. The van der Waals surface area contributed by atoms with E-state index in [9.17, 15) is 9.59 Å². The lowest BCUT2D eigenvalue weighted by Gasteiger charge is -2.08. The Morgan fingerprint density at radius 2 is 2.09 bits per heavy atom. The van der Waals surface area contributed by atoms with Crippen molar-refractivity contribution in [3.05, 3.63) is 64.4 Å². The lowest BCUT2D eigenvalue weighted by Crippen LogP contribution is -2.27. The number of nitrogens with one attached hydrogen (secondary N) is 2. The summed E-state index contributed by atoms with van der Waals surface area (Å²) in [6.07, 6.45) is 3.11. The maximum absolute atomic E-state index is 11.8. The van der Waals surface area contributed by atoms with Gasteiger partial charge >= 0.3 is 11.7 Å². The quantitative estimate of drug-likeness (QED) is 0.728. The zero-order valence-electron chi connectivity index (χ0n) is 11.9. The second-order valence-corrected chi connectivity index (χ2v) is 4.90. The Morgan fingerprint density at radius 1 is 1.23 bits per heavy atom. The zero-order chi connectivity index (χ0) is 15.5. The SMILES string of the molecule is Cc1cc(=O)oc2cc(NC(=O)NCc3ccoc3)ccc12. The van der Waals surface area contributed by atoms with Gasteiger partial charge in [0.05, 0.1) is 12.5 Å². The number of carbonyl (C=O) groups excluding carboxylic acids is 1. The highest BCUT2D eigenvalue weighted by atomic mass is 16.4. The van der Waals surface area contributed by atoms with Crippen LogP contribution in [0.5, 0.6) is 0 Å². The first-order valence-corrected chi connectivity index (χ1v) is 6.72. The Hall–Kier alpha value is -3.02. The number of rotatable bonds is 3. The van der Waals surface area contributed by atoms with E-state index in [0.717, 1.165) is 16.5 Å². The van der Waals surface area contributed by atoms with Gasteiger partial charge in [-0.05, 0) is 30.7 Å². The topological polar surface area (TPSA) is 84.5 Å². The Kier molecular flexibility index (Phi) is 3.65. The molecule has 6 nitrogen and oxygen atoms in total. The molecule has 0 fully saturated rings. The van der Waals surface area contributed by atoms with Gasteiger partial charge in [-0.3, -0.25) is 0 Å². The molecule has 2 aromatic heterocycles. The second-order valence-electron chi connectivity index (χ2n) is 4.90. The Morgan fingerprint density at radius 3 is 2.86 bits per heavy atom. The molecule has 0 saturated carbocycles. The summed E-state index contributed by atoms with van der Waals surface area (Å²) in [5.41, 5.74) is 2.28. The average molecular weight is 298 g/mol. The number of aryl methyl sites for hydroxylation is 1. The third-order valence-corrected chi connectivity index (χ3v) is 3.24. The number of anilines is 1. The molecule has 0 radical (unpaired) electrons. The summed E-state index contributed by atoms with van der Waals surface area (Å²) < 4.78 is 10.1. The first kappa shape index (κ1) is 13.9. The Bertz CT molecular complexity index is 865. The molecule has 112 valence electrons. The fraction of sp³-hybridized carbons (Fsp3) is 0.125. The molecule has 22 heavy (non-hydrogen) atoms. The van der Waals surface area contributed by atoms with Crippen molar-refractivity contribution in [2.45, 2.75) is 13.5 Å². The number of benzene rings is 1. The molecule has 0 bridgehead atoms. The minimum atomic E-state index is -0.411. The van der Waals surface area contributed by atoms with E-state index >= 15 is 0 Å². The maximum atomic E-state index is 11.8. The predicted octanol–water partition coefficient (Wildman–Crippen LogP) is 3.02. The van der Waals surface area contributed by atoms with Crippen molar-refractivity contribution in [2.24, 2.45) is 0 Å². The van der Waals surface area contributed by atoms with Gasteiger partial charge in [0, 0.05) is 35.3 Å². The minimum Gasteiger partial charge on any atom is -0.472 e. The van der Waals surface area contributed by atoms with E-state index in [-0.39, 0.29) is 6.03 Å². The first-order chi connectivity index (χ1) is 10.6. The summed E-state index contributed by atoms with van der Waals surface area (Å²) in [5.74, 6) is 0. The lowest BCUT2D eigenvalue weighted by molar-refractivity contribution is 0.251. The van der Waals surface area contributed by atoms with Gasteiger partial charge in [0.15, 0.2) is 0 Å². The van der Waals surface area contributed by atoms with Crippen LogP contribution in [0.1, 0.15) is 11.1 Å². The van der Waals surface area contributed by atoms with E-state index in [4.69, 9.17) is 8.83 Å². The molecule has 3 aromatic rings. The molecule has 0 unspecified atom stereocenters. The first-order valence-electron chi connectivity index (χ1n) is 6.72. The molecule has 0 aliphatic carbocycles. The van der Waals surface area contributed by atoms with Crippen LogP contribution in [0.15, 0.2) is 56.5 Å². The van der Waals surface area contributed by atoms with Crippen molar-refractivity contribution in [3.8, 4) is 0 Å². The third kappa shape index (κ3) is 3.01. The summed E-state index contributed by atoms with van der Waals surface area (Å²) in [5, 5.41) is 6.23. The van der Waals surface area contributed by atoms with Crippen LogP contribution in [0.4, 0.5) is 10.5 Å². The Labute approximate surface area is 125 Å². The van der Waals surface area contributed by atoms with Gasteiger partial charge in [-0.25, -0.2) is 9.59 Å². The van der Waals surface area contributed by atoms with E-state index in [2.05, 4.69) is 10.6 Å². The van der Waals surface area contributed by atoms with E-state index in [1.807, 2.05) is 6.92 Å². The van der Waals surface area contributed by atoms with Crippen LogP contribution < -0.4 is 16.3 Å². The molecule has 2 amide bonds. The van der Waals surface area contributed by atoms with E-state index in [0.29, 0.717) is 17.8 Å². The van der Waals surface area contributed by atoms with E-state index in [1.165, 1.54) is 6.07 Å². The van der Waals surface area contributed by atoms with Crippen LogP contribution in [-0.2, 0) is 6.54 Å². The summed E-state index contributed by atoms with van der Waals surface area (Å²) in [6.45, 7) is 2.20. The van der Waals surface area contributed by atoms with Gasteiger partial charge in [0.2, 0.25) is 0 Å². The standard InChI is InChI=1S/C16H14N2O4/c1-10-6-15(19)22-14-7-12(2-3-13(10)14)18-16(20)17-8-11-4-5-21-9-11/h2-7,9H,8H2,1H3,(H2,17,18,20). The molecular formula is C16H14N2O4. The van der Waals surface area contributed by atoms with Gasteiger partial charge in [0.1, 0.15) is 5.58 Å². The van der Waals surface area contributed by atoms with Crippen LogP contribution in [0.25, 0.3) is 11.0 Å². The summed E-state index contributed by atoms with van der Waals surface area (Å²) in [7, 11) is 0. The average Bonchev–Trinajstić information content (AvgIpc) is 2.98.